The second kappa shape index (κ2) is 7.91. The van der Waals surface area contributed by atoms with E-state index in [4.69, 9.17) is 4.74 Å². The number of ether oxygens (including phenoxy) is 1. The monoisotopic (exact) mass is 300 g/mol. The molecule has 0 saturated carbocycles. The second-order valence-corrected chi connectivity index (χ2v) is 6.62. The van der Waals surface area contributed by atoms with Gasteiger partial charge in [0.1, 0.15) is 0 Å². The Morgan fingerprint density at radius 1 is 1.14 bits per heavy atom. The van der Waals surface area contributed by atoms with Crippen molar-refractivity contribution in [3.63, 3.8) is 0 Å². The molecule has 0 aromatic heterocycles. The van der Waals surface area contributed by atoms with Crippen LogP contribution in [0.5, 0.6) is 0 Å². The van der Waals surface area contributed by atoms with E-state index in [1.54, 1.807) is 7.11 Å². The van der Waals surface area contributed by atoms with Gasteiger partial charge in [0.2, 0.25) is 0 Å². The highest BCUT2D eigenvalue weighted by Crippen LogP contribution is 2.27. The molecule has 22 heavy (non-hydrogen) atoms. The summed E-state index contributed by atoms with van der Waals surface area (Å²) in [6, 6.07) is 11.3. The van der Waals surface area contributed by atoms with E-state index in [1.165, 1.54) is 38.0 Å². The molecule has 3 heteroatoms. The van der Waals surface area contributed by atoms with Crippen molar-refractivity contribution in [3.8, 4) is 0 Å². The van der Waals surface area contributed by atoms with Gasteiger partial charge < -0.3 is 4.74 Å². The molecule has 3 saturated heterocycles. The molecule has 0 unspecified atom stereocenters. The molecule has 0 amide bonds. The summed E-state index contributed by atoms with van der Waals surface area (Å²) in [5.74, 6) is 0.834. The van der Waals surface area contributed by atoms with Crippen molar-refractivity contribution in [2.24, 2.45) is 5.92 Å². The summed E-state index contributed by atoms with van der Waals surface area (Å²) in [6.07, 6.45) is 7.31. The summed E-state index contributed by atoms with van der Waals surface area (Å²) >= 11 is 0. The maximum absolute atomic E-state index is 5.27. The zero-order chi connectivity index (χ0) is 15.2. The largest absolute Gasteiger partial charge is 0.383 e. The molecule has 0 aliphatic carbocycles. The Bertz CT molecular complexity index is 474. The number of fused-ring (bicyclic) bond motifs is 4. The number of rotatable bonds is 6. The first-order chi connectivity index (χ1) is 10.8. The molecular weight excluding hydrogens is 272 g/mol. The van der Waals surface area contributed by atoms with Crippen LogP contribution in [-0.2, 0) is 4.74 Å². The molecule has 1 aromatic carbocycles. The highest BCUT2D eigenvalue weighted by atomic mass is 16.5. The first-order valence-corrected chi connectivity index (χ1v) is 8.52. The summed E-state index contributed by atoms with van der Waals surface area (Å²) in [4.78, 5) is 5.28. The van der Waals surface area contributed by atoms with Gasteiger partial charge in [0.15, 0.2) is 0 Å². The van der Waals surface area contributed by atoms with Crippen molar-refractivity contribution in [2.75, 3.05) is 46.4 Å². The molecule has 2 atom stereocenters. The highest BCUT2D eigenvalue weighted by Gasteiger charge is 2.33. The van der Waals surface area contributed by atoms with Gasteiger partial charge in [0.25, 0.3) is 0 Å². The second-order valence-electron chi connectivity index (χ2n) is 6.62. The van der Waals surface area contributed by atoms with Crippen LogP contribution < -0.4 is 0 Å². The fraction of sp³-hybridized carbons (Fsp3) is 0.579. The van der Waals surface area contributed by atoms with Crippen LogP contribution in [-0.4, -0.2) is 62.3 Å². The molecular formula is C19H28N2O. The lowest BCUT2D eigenvalue weighted by molar-refractivity contribution is 0.0872. The topological polar surface area (TPSA) is 15.7 Å². The van der Waals surface area contributed by atoms with Gasteiger partial charge in [-0.2, -0.15) is 0 Å². The van der Waals surface area contributed by atoms with Gasteiger partial charge in [-0.25, -0.2) is 0 Å². The third-order valence-corrected chi connectivity index (χ3v) is 4.96. The minimum Gasteiger partial charge on any atom is -0.383 e. The van der Waals surface area contributed by atoms with Crippen LogP contribution in [0.25, 0.3) is 6.08 Å². The molecule has 4 rings (SSSR count). The van der Waals surface area contributed by atoms with Gasteiger partial charge in [0.05, 0.1) is 6.61 Å². The zero-order valence-electron chi connectivity index (χ0n) is 13.7. The minimum atomic E-state index is 0.721. The Hall–Kier alpha value is -1.16. The molecule has 0 N–H and O–H groups in total. The molecule has 3 aliphatic heterocycles. The van der Waals surface area contributed by atoms with E-state index in [9.17, 15) is 0 Å². The van der Waals surface area contributed by atoms with Crippen LogP contribution >= 0.6 is 0 Å². The number of hydrogen-bond acceptors (Lipinski definition) is 3. The minimum absolute atomic E-state index is 0.721. The standard InChI is InChI=1S/C19H28N2O/c1-22-13-12-21-15-18-9-10-19(21)16-20(14-18)11-5-8-17-6-3-2-4-7-17/h2-8,18-19H,9-16H2,1H3/t18-,19+/m0/s1. The first kappa shape index (κ1) is 15.7. The average molecular weight is 300 g/mol. The molecule has 0 spiro atoms. The summed E-state index contributed by atoms with van der Waals surface area (Å²) in [6.45, 7) is 6.73. The van der Waals surface area contributed by atoms with Crippen molar-refractivity contribution in [2.45, 2.75) is 18.9 Å². The smallest absolute Gasteiger partial charge is 0.0589 e. The van der Waals surface area contributed by atoms with E-state index in [1.807, 2.05) is 0 Å². The van der Waals surface area contributed by atoms with Crippen LogP contribution in [0.2, 0.25) is 0 Å². The van der Waals surface area contributed by atoms with Gasteiger partial charge >= 0.3 is 0 Å². The van der Waals surface area contributed by atoms with E-state index >= 15 is 0 Å². The predicted molar refractivity (Wildman–Crippen MR) is 91.9 cm³/mol. The van der Waals surface area contributed by atoms with Gasteiger partial charge in [-0.15, -0.1) is 0 Å². The summed E-state index contributed by atoms with van der Waals surface area (Å²) < 4.78 is 5.27. The maximum Gasteiger partial charge on any atom is 0.0589 e. The molecule has 1 aromatic rings. The Kier molecular flexibility index (Phi) is 5.65. The Morgan fingerprint density at radius 2 is 2.00 bits per heavy atom. The average Bonchev–Trinajstić information content (AvgIpc) is 2.84. The third kappa shape index (κ3) is 4.19. The number of piperidine rings is 1. The van der Waals surface area contributed by atoms with Crippen LogP contribution in [0.15, 0.2) is 36.4 Å². The first-order valence-electron chi connectivity index (χ1n) is 8.52. The van der Waals surface area contributed by atoms with Gasteiger partial charge in [-0.1, -0.05) is 42.5 Å². The van der Waals surface area contributed by atoms with E-state index in [0.29, 0.717) is 0 Å². The van der Waals surface area contributed by atoms with Gasteiger partial charge in [-0.05, 0) is 24.3 Å². The van der Waals surface area contributed by atoms with Crippen LogP contribution in [0.1, 0.15) is 18.4 Å². The molecule has 3 fully saturated rings. The summed E-state index contributed by atoms with van der Waals surface area (Å²) in [5.41, 5.74) is 1.29. The van der Waals surface area contributed by atoms with Crippen LogP contribution in [0, 0.1) is 5.92 Å². The molecule has 3 heterocycles. The molecule has 0 radical (unpaired) electrons. The van der Waals surface area contributed by atoms with Crippen LogP contribution in [0.3, 0.4) is 0 Å². The zero-order valence-corrected chi connectivity index (χ0v) is 13.7. The Morgan fingerprint density at radius 3 is 2.82 bits per heavy atom. The van der Waals surface area contributed by atoms with Crippen molar-refractivity contribution in [1.29, 1.82) is 0 Å². The lowest BCUT2D eigenvalue weighted by Gasteiger charge is -2.35. The lowest BCUT2D eigenvalue weighted by atomic mass is 9.95. The predicted octanol–water partition coefficient (Wildman–Crippen LogP) is 2.74. The summed E-state index contributed by atoms with van der Waals surface area (Å²) in [7, 11) is 1.80. The SMILES string of the molecule is COCCN1C[C@H]2CC[C@@H]1CN(CC=Cc1ccccc1)C2. The normalized spacial score (nSPS) is 26.6. The fourth-order valence-electron chi connectivity index (χ4n) is 3.81. The van der Waals surface area contributed by atoms with Crippen molar-refractivity contribution in [3.05, 3.63) is 42.0 Å². The van der Waals surface area contributed by atoms with E-state index in [2.05, 4.69) is 52.3 Å². The van der Waals surface area contributed by atoms with Crippen molar-refractivity contribution in [1.82, 2.24) is 9.80 Å². The Balaban J connectivity index is 1.54. The Labute approximate surface area is 134 Å². The van der Waals surface area contributed by atoms with E-state index in [-0.39, 0.29) is 0 Å². The molecule has 3 nitrogen and oxygen atoms in total. The van der Waals surface area contributed by atoms with E-state index < -0.39 is 0 Å². The van der Waals surface area contributed by atoms with Gasteiger partial charge in [0, 0.05) is 45.9 Å². The molecule has 120 valence electrons. The number of hydrogen-bond donors (Lipinski definition) is 0. The molecule has 2 bridgehead atoms. The quantitative estimate of drug-likeness (QED) is 0.803. The maximum atomic E-state index is 5.27. The van der Waals surface area contributed by atoms with Crippen molar-refractivity contribution >= 4 is 6.08 Å². The summed E-state index contributed by atoms with van der Waals surface area (Å²) in [5, 5.41) is 0. The fourth-order valence-corrected chi connectivity index (χ4v) is 3.81. The molecule has 3 aliphatic rings. The van der Waals surface area contributed by atoms with Gasteiger partial charge in [-0.3, -0.25) is 9.80 Å². The van der Waals surface area contributed by atoms with E-state index in [0.717, 1.165) is 31.7 Å². The highest BCUT2D eigenvalue weighted by molar-refractivity contribution is 5.48. The number of benzene rings is 1. The third-order valence-electron chi connectivity index (χ3n) is 4.96. The number of methoxy groups -OCH3 is 1. The lowest BCUT2D eigenvalue weighted by Crippen LogP contribution is -2.45. The van der Waals surface area contributed by atoms with Crippen molar-refractivity contribution < 1.29 is 4.74 Å². The number of nitrogens with zero attached hydrogens (tertiary/aromatic N) is 2. The van der Waals surface area contributed by atoms with Crippen LogP contribution in [0.4, 0.5) is 0 Å².